The van der Waals surface area contributed by atoms with E-state index in [1.165, 1.54) is 12.1 Å². The second-order valence-corrected chi connectivity index (χ2v) is 7.89. The standard InChI is InChI=1S/C23H24ClFN6O/c1-4-31-13-16(22(24)29-31)10-15-12-30(3)28-21(15)18-8-7-17(25)11-19(18)14(2)32-20-6-5-9-27-23(20)26/h5-9,11-14H,4,10H2,1-3H3,(H2,26,27)/t14-/m0/s1. The lowest BCUT2D eigenvalue weighted by Crippen LogP contribution is -2.08. The van der Waals surface area contributed by atoms with E-state index in [1.54, 1.807) is 33.8 Å². The second kappa shape index (κ2) is 9.00. The zero-order valence-corrected chi connectivity index (χ0v) is 18.8. The topological polar surface area (TPSA) is 83.8 Å². The maximum atomic E-state index is 14.2. The molecular weight excluding hydrogens is 431 g/mol. The van der Waals surface area contributed by atoms with Crippen molar-refractivity contribution < 1.29 is 9.13 Å². The number of benzene rings is 1. The predicted octanol–water partition coefficient (Wildman–Crippen LogP) is 4.80. The SMILES string of the molecule is CCn1cc(Cc2cn(C)nc2-c2ccc(F)cc2[C@H](C)Oc2cccnc2N)c(Cl)n1. The lowest BCUT2D eigenvalue weighted by Gasteiger charge is -2.19. The highest BCUT2D eigenvalue weighted by atomic mass is 35.5. The molecule has 0 aliphatic heterocycles. The molecule has 4 rings (SSSR count). The first-order valence-electron chi connectivity index (χ1n) is 10.3. The fraction of sp³-hybridized carbons (Fsp3) is 0.261. The second-order valence-electron chi connectivity index (χ2n) is 7.53. The summed E-state index contributed by atoms with van der Waals surface area (Å²) in [7, 11) is 1.85. The highest BCUT2D eigenvalue weighted by Gasteiger charge is 2.21. The minimum Gasteiger partial charge on any atom is -0.482 e. The molecule has 9 heteroatoms. The van der Waals surface area contributed by atoms with E-state index in [9.17, 15) is 4.39 Å². The van der Waals surface area contributed by atoms with Gasteiger partial charge in [-0.15, -0.1) is 0 Å². The summed E-state index contributed by atoms with van der Waals surface area (Å²) in [6.07, 6.45) is 5.51. The number of pyridine rings is 1. The Morgan fingerprint density at radius 1 is 1.19 bits per heavy atom. The van der Waals surface area contributed by atoms with E-state index < -0.39 is 6.10 Å². The zero-order chi connectivity index (χ0) is 22.8. The van der Waals surface area contributed by atoms with Gasteiger partial charge in [0.25, 0.3) is 0 Å². The summed E-state index contributed by atoms with van der Waals surface area (Å²) in [5.74, 6) is 0.358. The van der Waals surface area contributed by atoms with Gasteiger partial charge in [-0.2, -0.15) is 10.2 Å². The van der Waals surface area contributed by atoms with Crippen LogP contribution in [0.1, 0.15) is 36.6 Å². The van der Waals surface area contributed by atoms with E-state index in [2.05, 4.69) is 15.2 Å². The van der Waals surface area contributed by atoms with Gasteiger partial charge in [0.05, 0.1) is 5.69 Å². The summed E-state index contributed by atoms with van der Waals surface area (Å²) in [5, 5.41) is 9.44. The van der Waals surface area contributed by atoms with E-state index >= 15 is 0 Å². The van der Waals surface area contributed by atoms with Gasteiger partial charge in [-0.3, -0.25) is 9.36 Å². The van der Waals surface area contributed by atoms with Crippen LogP contribution < -0.4 is 10.5 Å². The maximum absolute atomic E-state index is 14.2. The minimum absolute atomic E-state index is 0.276. The number of nitrogens with zero attached hydrogens (tertiary/aromatic N) is 5. The Bertz CT molecular complexity index is 1250. The number of anilines is 1. The molecule has 3 heterocycles. The molecule has 0 saturated heterocycles. The Hall–Kier alpha value is -3.39. The van der Waals surface area contributed by atoms with E-state index in [0.29, 0.717) is 22.9 Å². The molecule has 0 bridgehead atoms. The fourth-order valence-electron chi connectivity index (χ4n) is 3.66. The fourth-order valence-corrected chi connectivity index (χ4v) is 3.87. The number of ether oxygens (including phenoxy) is 1. The first kappa shape index (κ1) is 21.8. The van der Waals surface area contributed by atoms with Crippen molar-refractivity contribution in [1.82, 2.24) is 24.5 Å². The summed E-state index contributed by atoms with van der Waals surface area (Å²) < 4.78 is 23.8. The predicted molar refractivity (Wildman–Crippen MR) is 122 cm³/mol. The van der Waals surface area contributed by atoms with Crippen molar-refractivity contribution in [2.75, 3.05) is 5.73 Å². The summed E-state index contributed by atoms with van der Waals surface area (Å²) in [6, 6.07) is 8.08. The Morgan fingerprint density at radius 3 is 2.72 bits per heavy atom. The van der Waals surface area contributed by atoms with Gasteiger partial charge in [-0.05, 0) is 44.2 Å². The van der Waals surface area contributed by atoms with Crippen molar-refractivity contribution in [3.8, 4) is 17.0 Å². The van der Waals surface area contributed by atoms with Crippen molar-refractivity contribution in [1.29, 1.82) is 0 Å². The molecule has 0 spiro atoms. The molecule has 0 radical (unpaired) electrons. The molecule has 0 amide bonds. The van der Waals surface area contributed by atoms with Gasteiger partial charge in [0, 0.05) is 60.9 Å². The molecular formula is C23H24ClFN6O. The number of aromatic nitrogens is 5. The van der Waals surface area contributed by atoms with Gasteiger partial charge in [0.2, 0.25) is 0 Å². The van der Waals surface area contributed by atoms with Gasteiger partial charge in [0.1, 0.15) is 11.9 Å². The summed E-state index contributed by atoms with van der Waals surface area (Å²) in [5.41, 5.74) is 9.94. The van der Waals surface area contributed by atoms with Crippen molar-refractivity contribution in [2.24, 2.45) is 7.05 Å². The number of hydrogen-bond donors (Lipinski definition) is 1. The van der Waals surface area contributed by atoms with Crippen LogP contribution in [-0.4, -0.2) is 24.5 Å². The van der Waals surface area contributed by atoms with Gasteiger partial charge in [-0.25, -0.2) is 9.37 Å². The number of rotatable bonds is 7. The Labute approximate surface area is 190 Å². The first-order valence-corrected chi connectivity index (χ1v) is 10.6. The van der Waals surface area contributed by atoms with E-state index in [-0.39, 0.29) is 11.6 Å². The highest BCUT2D eigenvalue weighted by Crippen LogP contribution is 2.35. The molecule has 0 aliphatic rings. The molecule has 1 atom stereocenters. The monoisotopic (exact) mass is 454 g/mol. The van der Waals surface area contributed by atoms with Crippen LogP contribution >= 0.6 is 11.6 Å². The molecule has 3 aromatic heterocycles. The number of nitrogen functional groups attached to an aromatic ring is 1. The average molecular weight is 455 g/mol. The summed E-state index contributed by atoms with van der Waals surface area (Å²) in [6.45, 7) is 4.58. The lowest BCUT2D eigenvalue weighted by molar-refractivity contribution is 0.227. The smallest absolute Gasteiger partial charge is 0.166 e. The van der Waals surface area contributed by atoms with Crippen LogP contribution in [0.25, 0.3) is 11.3 Å². The maximum Gasteiger partial charge on any atom is 0.166 e. The number of nitrogens with two attached hydrogens (primary N) is 1. The molecule has 2 N–H and O–H groups in total. The molecule has 0 unspecified atom stereocenters. The van der Waals surface area contributed by atoms with Crippen LogP contribution in [-0.2, 0) is 20.0 Å². The van der Waals surface area contributed by atoms with Crippen molar-refractivity contribution in [3.63, 3.8) is 0 Å². The Morgan fingerprint density at radius 2 is 2.00 bits per heavy atom. The number of hydrogen-bond acceptors (Lipinski definition) is 5. The highest BCUT2D eigenvalue weighted by molar-refractivity contribution is 6.30. The van der Waals surface area contributed by atoms with Crippen LogP contribution in [0.4, 0.5) is 10.2 Å². The Kier molecular flexibility index (Phi) is 6.14. The molecule has 4 aromatic rings. The largest absolute Gasteiger partial charge is 0.482 e. The van der Waals surface area contributed by atoms with E-state index in [0.717, 1.165) is 28.9 Å². The quantitative estimate of drug-likeness (QED) is 0.433. The number of halogens is 2. The normalized spacial score (nSPS) is 12.2. The third-order valence-electron chi connectivity index (χ3n) is 5.21. The zero-order valence-electron chi connectivity index (χ0n) is 18.1. The molecule has 7 nitrogen and oxygen atoms in total. The summed E-state index contributed by atoms with van der Waals surface area (Å²) >= 11 is 6.34. The van der Waals surface area contributed by atoms with Crippen LogP contribution in [0.5, 0.6) is 5.75 Å². The van der Waals surface area contributed by atoms with Crippen LogP contribution in [0.3, 0.4) is 0 Å². The average Bonchev–Trinajstić information content (AvgIpc) is 3.31. The molecule has 0 saturated carbocycles. The third-order valence-corrected chi connectivity index (χ3v) is 5.52. The van der Waals surface area contributed by atoms with Crippen LogP contribution in [0.2, 0.25) is 5.15 Å². The first-order chi connectivity index (χ1) is 15.4. The molecule has 32 heavy (non-hydrogen) atoms. The molecule has 0 aliphatic carbocycles. The lowest BCUT2D eigenvalue weighted by atomic mass is 9.96. The number of aryl methyl sites for hydroxylation is 2. The van der Waals surface area contributed by atoms with Crippen LogP contribution in [0.15, 0.2) is 48.9 Å². The van der Waals surface area contributed by atoms with Crippen LogP contribution in [0, 0.1) is 5.82 Å². The van der Waals surface area contributed by atoms with Crippen molar-refractivity contribution >= 4 is 17.4 Å². The van der Waals surface area contributed by atoms with Gasteiger partial charge >= 0.3 is 0 Å². The van der Waals surface area contributed by atoms with Crippen molar-refractivity contribution in [2.45, 2.75) is 32.9 Å². The molecule has 0 fully saturated rings. The van der Waals surface area contributed by atoms with Gasteiger partial charge in [-0.1, -0.05) is 11.6 Å². The van der Waals surface area contributed by atoms with Gasteiger partial charge in [0.15, 0.2) is 16.7 Å². The van der Waals surface area contributed by atoms with Gasteiger partial charge < -0.3 is 10.5 Å². The van der Waals surface area contributed by atoms with E-state index in [4.69, 9.17) is 22.1 Å². The minimum atomic E-state index is -0.492. The Balaban J connectivity index is 1.73. The molecule has 166 valence electrons. The van der Waals surface area contributed by atoms with Crippen molar-refractivity contribution in [3.05, 3.63) is 76.6 Å². The summed E-state index contributed by atoms with van der Waals surface area (Å²) in [4.78, 5) is 4.05. The third kappa shape index (κ3) is 4.45. The van der Waals surface area contributed by atoms with E-state index in [1.807, 2.05) is 33.3 Å². The molecule has 1 aromatic carbocycles.